The van der Waals surface area contributed by atoms with Crippen LogP contribution >= 0.6 is 0 Å². The first kappa shape index (κ1) is 21.1. The van der Waals surface area contributed by atoms with Crippen molar-refractivity contribution in [2.75, 3.05) is 6.61 Å². The lowest BCUT2D eigenvalue weighted by Gasteiger charge is -2.26. The predicted molar refractivity (Wildman–Crippen MR) is 85.6 cm³/mol. The van der Waals surface area contributed by atoms with Gasteiger partial charge >= 0.3 is 17.9 Å². The van der Waals surface area contributed by atoms with E-state index in [9.17, 15) is 14.4 Å². The molecule has 0 aliphatic heterocycles. The normalized spacial score (nSPS) is 11.8. The fraction of sp³-hybridized carbons (Fsp3) is 0.706. The molecule has 0 aromatic rings. The second-order valence-electron chi connectivity index (χ2n) is 7.13. The van der Waals surface area contributed by atoms with E-state index in [1.807, 2.05) is 0 Å². The summed E-state index contributed by atoms with van der Waals surface area (Å²) in [6, 6.07) is 0. The highest BCUT2D eigenvalue weighted by atomic mass is 16.6. The van der Waals surface area contributed by atoms with Crippen LogP contribution in [0.3, 0.4) is 0 Å². The minimum atomic E-state index is -1.05. The van der Waals surface area contributed by atoms with Gasteiger partial charge in [-0.2, -0.15) is 0 Å². The maximum Gasteiger partial charge on any atom is 0.330 e. The zero-order chi connectivity index (χ0) is 18.3. The van der Waals surface area contributed by atoms with Crippen molar-refractivity contribution in [1.82, 2.24) is 0 Å². The van der Waals surface area contributed by atoms with Gasteiger partial charge in [0.25, 0.3) is 0 Å². The summed E-state index contributed by atoms with van der Waals surface area (Å²) in [5, 5.41) is 0. The highest BCUT2D eigenvalue weighted by molar-refractivity contribution is 5.95. The van der Waals surface area contributed by atoms with E-state index in [2.05, 4.69) is 6.58 Å². The van der Waals surface area contributed by atoms with Crippen LogP contribution in [0, 0.1) is 5.92 Å². The van der Waals surface area contributed by atoms with Crippen molar-refractivity contribution < 1.29 is 28.6 Å². The van der Waals surface area contributed by atoms with Gasteiger partial charge in [0, 0.05) is 6.08 Å². The zero-order valence-electron chi connectivity index (χ0n) is 14.9. The Morgan fingerprint density at radius 2 is 1.39 bits per heavy atom. The molecule has 6 heteroatoms. The minimum Gasteiger partial charge on any atom is -0.463 e. The Bertz CT molecular complexity index is 411. The molecule has 0 unspecified atom stereocenters. The van der Waals surface area contributed by atoms with Crippen LogP contribution < -0.4 is 0 Å². The first-order valence-corrected chi connectivity index (χ1v) is 7.60. The van der Waals surface area contributed by atoms with Gasteiger partial charge in [-0.3, -0.25) is 9.59 Å². The van der Waals surface area contributed by atoms with E-state index in [0.29, 0.717) is 6.42 Å². The fourth-order valence-corrected chi connectivity index (χ4v) is 1.60. The topological polar surface area (TPSA) is 78.9 Å². The Labute approximate surface area is 138 Å². The summed E-state index contributed by atoms with van der Waals surface area (Å²) in [5.74, 6) is -2.87. The third-order valence-electron chi connectivity index (χ3n) is 2.43. The third kappa shape index (κ3) is 10.5. The lowest BCUT2D eigenvalue weighted by molar-refractivity contribution is -0.174. The molecule has 0 saturated carbocycles. The lowest BCUT2D eigenvalue weighted by atomic mass is 10.0. The van der Waals surface area contributed by atoms with Crippen molar-refractivity contribution in [3.63, 3.8) is 0 Å². The van der Waals surface area contributed by atoms with Crippen molar-refractivity contribution in [3.8, 4) is 0 Å². The van der Waals surface area contributed by atoms with Gasteiger partial charge in [-0.15, -0.1) is 0 Å². The average molecular weight is 328 g/mol. The molecule has 0 radical (unpaired) electrons. The molecule has 0 aromatic carbocycles. The largest absolute Gasteiger partial charge is 0.463 e. The molecule has 23 heavy (non-hydrogen) atoms. The van der Waals surface area contributed by atoms with Gasteiger partial charge in [-0.05, 0) is 54.4 Å². The molecule has 0 fully saturated rings. The van der Waals surface area contributed by atoms with Crippen molar-refractivity contribution in [3.05, 3.63) is 12.7 Å². The van der Waals surface area contributed by atoms with Gasteiger partial charge in [0.2, 0.25) is 0 Å². The summed E-state index contributed by atoms with van der Waals surface area (Å²) in [6.07, 6.45) is 1.57. The zero-order valence-corrected chi connectivity index (χ0v) is 14.9. The number of hydrogen-bond acceptors (Lipinski definition) is 6. The number of ether oxygens (including phenoxy) is 3. The summed E-state index contributed by atoms with van der Waals surface area (Å²) < 4.78 is 15.4. The molecule has 0 N–H and O–H groups in total. The molecule has 0 aliphatic rings. The molecule has 6 nitrogen and oxygen atoms in total. The van der Waals surface area contributed by atoms with Crippen LogP contribution in [0.1, 0.15) is 54.4 Å². The average Bonchev–Trinajstić information content (AvgIpc) is 2.33. The van der Waals surface area contributed by atoms with Gasteiger partial charge in [0.05, 0.1) is 6.61 Å². The highest BCUT2D eigenvalue weighted by Crippen LogP contribution is 2.20. The molecule has 0 saturated heterocycles. The number of esters is 3. The van der Waals surface area contributed by atoms with Gasteiger partial charge in [0.15, 0.2) is 5.92 Å². The molecular weight excluding hydrogens is 300 g/mol. The third-order valence-corrected chi connectivity index (χ3v) is 2.43. The first-order valence-electron chi connectivity index (χ1n) is 7.60. The molecule has 132 valence electrons. The van der Waals surface area contributed by atoms with Crippen LogP contribution in [0.2, 0.25) is 0 Å². The molecular formula is C17H28O6. The van der Waals surface area contributed by atoms with Crippen LogP contribution in [-0.4, -0.2) is 35.7 Å². The standard InChI is InChI=1S/C17H28O6/c1-8-13(18)21-11-9-10-12(14(19)22-16(2,3)4)15(20)23-17(5,6)7/h8,12H,1,9-11H2,2-7H3. The Morgan fingerprint density at radius 1 is 0.957 bits per heavy atom. The summed E-state index contributed by atoms with van der Waals surface area (Å²) in [7, 11) is 0. The Morgan fingerprint density at radius 3 is 1.74 bits per heavy atom. The van der Waals surface area contributed by atoms with Crippen LogP contribution in [0.5, 0.6) is 0 Å². The second kappa shape index (κ2) is 8.70. The minimum absolute atomic E-state index is 0.0902. The summed E-state index contributed by atoms with van der Waals surface area (Å²) in [4.78, 5) is 35.4. The van der Waals surface area contributed by atoms with Gasteiger partial charge in [-0.1, -0.05) is 6.58 Å². The fourth-order valence-electron chi connectivity index (χ4n) is 1.60. The van der Waals surface area contributed by atoms with Gasteiger partial charge in [0.1, 0.15) is 11.2 Å². The monoisotopic (exact) mass is 328 g/mol. The van der Waals surface area contributed by atoms with Crippen molar-refractivity contribution in [2.45, 2.75) is 65.6 Å². The Kier molecular flexibility index (Phi) is 8.00. The molecule has 0 heterocycles. The van der Waals surface area contributed by atoms with Crippen LogP contribution in [0.25, 0.3) is 0 Å². The Balaban J connectivity index is 4.79. The van der Waals surface area contributed by atoms with E-state index in [0.717, 1.165) is 6.08 Å². The highest BCUT2D eigenvalue weighted by Gasteiger charge is 2.34. The maximum atomic E-state index is 12.2. The van der Waals surface area contributed by atoms with E-state index < -0.39 is 35.0 Å². The molecule has 0 rings (SSSR count). The van der Waals surface area contributed by atoms with E-state index in [1.165, 1.54) is 0 Å². The van der Waals surface area contributed by atoms with Gasteiger partial charge in [-0.25, -0.2) is 4.79 Å². The van der Waals surface area contributed by atoms with Crippen molar-refractivity contribution in [1.29, 1.82) is 0 Å². The van der Waals surface area contributed by atoms with E-state index in [-0.39, 0.29) is 13.0 Å². The molecule has 0 aliphatic carbocycles. The number of carbonyl (C=O) groups excluding carboxylic acids is 3. The molecule has 0 bridgehead atoms. The van der Waals surface area contributed by atoms with E-state index >= 15 is 0 Å². The van der Waals surface area contributed by atoms with Crippen LogP contribution in [0.4, 0.5) is 0 Å². The summed E-state index contributed by atoms with van der Waals surface area (Å²) in [6.45, 7) is 13.7. The lowest BCUT2D eigenvalue weighted by Crippen LogP contribution is -2.37. The number of hydrogen-bond donors (Lipinski definition) is 0. The van der Waals surface area contributed by atoms with Crippen molar-refractivity contribution >= 4 is 17.9 Å². The quantitative estimate of drug-likeness (QED) is 0.235. The number of carbonyl (C=O) groups is 3. The molecule has 0 atom stereocenters. The van der Waals surface area contributed by atoms with Crippen LogP contribution in [0.15, 0.2) is 12.7 Å². The smallest absolute Gasteiger partial charge is 0.330 e. The Hall–Kier alpha value is -1.85. The molecule has 0 spiro atoms. The second-order valence-corrected chi connectivity index (χ2v) is 7.13. The first-order chi connectivity index (χ1) is 10.4. The number of rotatable bonds is 7. The van der Waals surface area contributed by atoms with E-state index in [4.69, 9.17) is 14.2 Å². The van der Waals surface area contributed by atoms with Gasteiger partial charge < -0.3 is 14.2 Å². The maximum absolute atomic E-state index is 12.2. The van der Waals surface area contributed by atoms with Crippen LogP contribution in [-0.2, 0) is 28.6 Å². The van der Waals surface area contributed by atoms with Crippen molar-refractivity contribution in [2.24, 2.45) is 5.92 Å². The summed E-state index contributed by atoms with van der Waals surface area (Å²) in [5.41, 5.74) is -1.40. The molecule has 0 aromatic heterocycles. The van der Waals surface area contributed by atoms with E-state index in [1.54, 1.807) is 41.5 Å². The SMILES string of the molecule is C=CC(=O)OCCCC(C(=O)OC(C)(C)C)C(=O)OC(C)(C)C. The molecule has 0 amide bonds. The predicted octanol–water partition coefficient (Wildman–Crippen LogP) is 2.80. The summed E-state index contributed by atoms with van der Waals surface area (Å²) >= 11 is 0.